The number of hydrogen-bond acceptors (Lipinski definition) is 2. The average molecular weight is 790 g/mol. The summed E-state index contributed by atoms with van der Waals surface area (Å²) in [6.07, 6.45) is 0. The number of rotatable bonds is 7. The zero-order chi connectivity index (χ0) is 41.0. The Morgan fingerprint density at radius 1 is 0.290 bits per heavy atom. The van der Waals surface area contributed by atoms with Gasteiger partial charge in [-0.25, -0.2) is 0 Å². The summed E-state index contributed by atoms with van der Waals surface area (Å²) in [5, 5.41) is 9.59. The Bertz CT molecular complexity index is 3640. The minimum atomic E-state index is 0.862. The molecule has 12 rings (SSSR count). The van der Waals surface area contributed by atoms with E-state index in [9.17, 15) is 0 Å². The average Bonchev–Trinajstić information content (AvgIpc) is 3.74. The largest absolute Gasteiger partial charge is 0.455 e. The molecule has 1 aromatic heterocycles. The van der Waals surface area contributed by atoms with Gasteiger partial charge in [-0.15, -0.1) is 0 Å². The molecule has 290 valence electrons. The fourth-order valence-electron chi connectivity index (χ4n) is 9.51. The van der Waals surface area contributed by atoms with Crippen LogP contribution in [-0.4, -0.2) is 0 Å². The molecule has 0 saturated carbocycles. The second kappa shape index (κ2) is 14.8. The highest BCUT2D eigenvalue weighted by molar-refractivity contribution is 6.18. The van der Waals surface area contributed by atoms with Gasteiger partial charge in [0.25, 0.3) is 0 Å². The van der Waals surface area contributed by atoms with Gasteiger partial charge in [0, 0.05) is 22.3 Å². The molecule has 0 unspecified atom stereocenters. The molecule has 2 nitrogen and oxygen atoms in total. The van der Waals surface area contributed by atoms with Crippen molar-refractivity contribution in [2.45, 2.75) is 0 Å². The summed E-state index contributed by atoms with van der Waals surface area (Å²) in [7, 11) is 0. The molecule has 0 aliphatic carbocycles. The van der Waals surface area contributed by atoms with E-state index >= 15 is 0 Å². The topological polar surface area (TPSA) is 16.4 Å². The van der Waals surface area contributed by atoms with E-state index in [0.29, 0.717) is 0 Å². The van der Waals surface area contributed by atoms with Crippen LogP contribution >= 0.6 is 0 Å². The van der Waals surface area contributed by atoms with Crippen molar-refractivity contribution < 1.29 is 4.42 Å². The number of para-hydroxylation sites is 1. The summed E-state index contributed by atoms with van der Waals surface area (Å²) in [5.41, 5.74) is 14.2. The molecule has 0 radical (unpaired) electrons. The van der Waals surface area contributed by atoms with Crippen LogP contribution in [0, 0.1) is 0 Å². The molecule has 0 spiro atoms. The normalized spacial score (nSPS) is 11.5. The second-order valence-corrected chi connectivity index (χ2v) is 16.0. The van der Waals surface area contributed by atoms with Crippen LogP contribution in [0.2, 0.25) is 0 Å². The van der Waals surface area contributed by atoms with Gasteiger partial charge in [-0.3, -0.25) is 0 Å². The molecule has 0 aliphatic heterocycles. The molecule has 0 atom stereocenters. The number of benzene rings is 11. The highest BCUT2D eigenvalue weighted by Crippen LogP contribution is 2.48. The Labute approximate surface area is 360 Å². The van der Waals surface area contributed by atoms with Gasteiger partial charge in [0.05, 0.1) is 11.1 Å². The van der Waals surface area contributed by atoms with Crippen LogP contribution < -0.4 is 4.90 Å². The first-order valence-electron chi connectivity index (χ1n) is 21.2. The first-order valence-corrected chi connectivity index (χ1v) is 21.2. The molecule has 1 heterocycles. The number of anilines is 3. The molecule has 0 aliphatic rings. The zero-order valence-electron chi connectivity index (χ0n) is 33.9. The van der Waals surface area contributed by atoms with Gasteiger partial charge in [-0.2, -0.15) is 0 Å². The third-order valence-electron chi connectivity index (χ3n) is 12.4. The van der Waals surface area contributed by atoms with Gasteiger partial charge in [0.2, 0.25) is 0 Å². The predicted octanol–water partition coefficient (Wildman–Crippen LogP) is 17.2. The summed E-state index contributed by atoms with van der Waals surface area (Å²) in [6.45, 7) is 0. The minimum absolute atomic E-state index is 0.862. The number of hydrogen-bond donors (Lipinski definition) is 0. The Morgan fingerprint density at radius 3 is 1.71 bits per heavy atom. The van der Waals surface area contributed by atoms with E-state index in [1.54, 1.807) is 0 Å². The molecule has 0 saturated heterocycles. The lowest BCUT2D eigenvalue weighted by atomic mass is 9.93. The van der Waals surface area contributed by atoms with Gasteiger partial charge in [0.15, 0.2) is 0 Å². The SMILES string of the molecule is c1ccc(-c2ccccc2-c2cccc(N(c3ccc(-c4cc5ccccc5c5ccccc45)cc3)c3ccc(-c4ccc5ccccc5c4)c4oc5ccccc5c34)c2)cc1. The monoisotopic (exact) mass is 789 g/mol. The predicted molar refractivity (Wildman–Crippen MR) is 263 cm³/mol. The molecule has 62 heavy (non-hydrogen) atoms. The van der Waals surface area contributed by atoms with Crippen LogP contribution in [0.3, 0.4) is 0 Å². The first-order chi connectivity index (χ1) is 30.7. The molecule has 0 bridgehead atoms. The van der Waals surface area contributed by atoms with Gasteiger partial charge in [0.1, 0.15) is 11.2 Å². The summed E-state index contributed by atoms with van der Waals surface area (Å²) in [6, 6.07) is 85.4. The van der Waals surface area contributed by atoms with Crippen LogP contribution in [0.4, 0.5) is 17.1 Å². The Hall–Kier alpha value is -8.20. The van der Waals surface area contributed by atoms with E-state index in [0.717, 1.165) is 55.7 Å². The number of furan rings is 1. The Balaban J connectivity index is 1.08. The van der Waals surface area contributed by atoms with Crippen LogP contribution in [0.5, 0.6) is 0 Å². The quantitative estimate of drug-likeness (QED) is 0.150. The molecular formula is C60H39NO. The van der Waals surface area contributed by atoms with Crippen LogP contribution in [0.15, 0.2) is 241 Å². The molecule has 0 fully saturated rings. The van der Waals surface area contributed by atoms with Gasteiger partial charge in [-0.1, -0.05) is 182 Å². The number of fused-ring (bicyclic) bond motifs is 7. The maximum Gasteiger partial charge on any atom is 0.145 e. The van der Waals surface area contributed by atoms with Crippen molar-refractivity contribution in [2.24, 2.45) is 0 Å². The molecule has 11 aromatic carbocycles. The number of nitrogens with zero attached hydrogens (tertiary/aromatic N) is 1. The highest BCUT2D eigenvalue weighted by Gasteiger charge is 2.23. The Kier molecular flexibility index (Phi) is 8.53. The van der Waals surface area contributed by atoms with Crippen LogP contribution in [0.25, 0.3) is 98.8 Å². The summed E-state index contributed by atoms with van der Waals surface area (Å²) in [5.74, 6) is 0. The molecule has 2 heteroatoms. The van der Waals surface area contributed by atoms with E-state index in [2.05, 4.69) is 241 Å². The van der Waals surface area contributed by atoms with Crippen LogP contribution in [-0.2, 0) is 0 Å². The van der Waals surface area contributed by atoms with Crippen molar-refractivity contribution in [3.63, 3.8) is 0 Å². The zero-order valence-corrected chi connectivity index (χ0v) is 33.9. The smallest absolute Gasteiger partial charge is 0.145 e. The van der Waals surface area contributed by atoms with E-state index in [4.69, 9.17) is 4.42 Å². The maximum atomic E-state index is 6.90. The lowest BCUT2D eigenvalue weighted by Crippen LogP contribution is -2.10. The highest BCUT2D eigenvalue weighted by atomic mass is 16.3. The fraction of sp³-hybridized carbons (Fsp3) is 0. The van der Waals surface area contributed by atoms with E-state index < -0.39 is 0 Å². The first kappa shape index (κ1) is 35.7. The lowest BCUT2D eigenvalue weighted by Gasteiger charge is -2.27. The molecule has 12 aromatic rings. The minimum Gasteiger partial charge on any atom is -0.455 e. The van der Waals surface area contributed by atoms with Crippen molar-refractivity contribution in [3.05, 3.63) is 237 Å². The maximum absolute atomic E-state index is 6.90. The third-order valence-corrected chi connectivity index (χ3v) is 12.4. The van der Waals surface area contributed by atoms with Crippen molar-refractivity contribution in [3.8, 4) is 44.5 Å². The summed E-state index contributed by atoms with van der Waals surface area (Å²) >= 11 is 0. The van der Waals surface area contributed by atoms with E-state index in [1.165, 1.54) is 60.1 Å². The fourth-order valence-corrected chi connectivity index (χ4v) is 9.51. The van der Waals surface area contributed by atoms with E-state index in [1.807, 2.05) is 0 Å². The van der Waals surface area contributed by atoms with Crippen molar-refractivity contribution >= 4 is 71.3 Å². The van der Waals surface area contributed by atoms with Gasteiger partial charge in [-0.05, 0) is 126 Å². The summed E-state index contributed by atoms with van der Waals surface area (Å²) in [4.78, 5) is 2.41. The Morgan fingerprint density at radius 2 is 0.887 bits per heavy atom. The molecule has 0 N–H and O–H groups in total. The van der Waals surface area contributed by atoms with Gasteiger partial charge < -0.3 is 9.32 Å². The summed E-state index contributed by atoms with van der Waals surface area (Å²) < 4.78 is 6.90. The second-order valence-electron chi connectivity index (χ2n) is 16.0. The van der Waals surface area contributed by atoms with E-state index in [-0.39, 0.29) is 0 Å². The lowest BCUT2D eigenvalue weighted by molar-refractivity contribution is 0.670. The van der Waals surface area contributed by atoms with Crippen LogP contribution in [0.1, 0.15) is 0 Å². The standard InChI is InChI=1S/C60H39NO/c1-2-16-41(17-3-1)49-22-8-9-23-50(49)44-20-14-21-48(38-44)61(47-33-31-42(32-34-47)56-39-45-19-6-7-24-51(45)53-25-10-11-26-54(53)56)57-36-35-52(46-30-29-40-15-4-5-18-43(40)37-46)60-59(57)55-27-12-13-28-58(55)62-60/h1-39H. The van der Waals surface area contributed by atoms with Crippen molar-refractivity contribution in [2.75, 3.05) is 4.90 Å². The molecule has 0 amide bonds. The van der Waals surface area contributed by atoms with Crippen molar-refractivity contribution in [1.29, 1.82) is 0 Å². The molecular weight excluding hydrogens is 751 g/mol. The third kappa shape index (κ3) is 6.04. The van der Waals surface area contributed by atoms with Crippen molar-refractivity contribution in [1.82, 2.24) is 0 Å². The van der Waals surface area contributed by atoms with Gasteiger partial charge >= 0.3 is 0 Å².